The minimum Gasteiger partial charge on any atom is -0.476 e. The third-order valence-corrected chi connectivity index (χ3v) is 8.19. The Bertz CT molecular complexity index is 1210. The van der Waals surface area contributed by atoms with E-state index in [1.807, 2.05) is 6.92 Å². The maximum Gasteiger partial charge on any atom is 0.406 e. The van der Waals surface area contributed by atoms with Crippen molar-refractivity contribution in [2.24, 2.45) is 5.41 Å². The number of nitrogens with zero attached hydrogens (tertiary/aromatic N) is 4. The van der Waals surface area contributed by atoms with Crippen LogP contribution in [0.3, 0.4) is 0 Å². The Morgan fingerprint density at radius 2 is 1.93 bits per heavy atom. The summed E-state index contributed by atoms with van der Waals surface area (Å²) in [6.07, 6.45) is -0.256. The van der Waals surface area contributed by atoms with Gasteiger partial charge in [-0.15, -0.1) is 11.6 Å². The predicted molar refractivity (Wildman–Crippen MR) is 157 cm³/mol. The number of ether oxygens (including phenoxy) is 3. The number of halogens is 1. The summed E-state index contributed by atoms with van der Waals surface area (Å²) in [7, 11) is -4.03. The number of nitrogen functional groups attached to an aromatic ring is 1. The van der Waals surface area contributed by atoms with Crippen molar-refractivity contribution in [1.29, 1.82) is 0 Å². The Morgan fingerprint density at radius 3 is 2.54 bits per heavy atom. The number of anilines is 1. The molecule has 2 unspecified atom stereocenters. The van der Waals surface area contributed by atoms with Gasteiger partial charge in [-0.25, -0.2) is 14.6 Å². The zero-order valence-electron chi connectivity index (χ0n) is 24.4. The van der Waals surface area contributed by atoms with Gasteiger partial charge < -0.3 is 19.9 Å². The molecule has 14 nitrogen and oxygen atoms in total. The van der Waals surface area contributed by atoms with E-state index in [1.165, 1.54) is 6.33 Å². The number of thioether (sulfide) groups is 1. The zero-order chi connectivity index (χ0) is 30.8. The fraction of sp³-hybridized carbons (Fsp3) is 0.708. The minimum absolute atomic E-state index is 0.00893. The number of aromatic nitrogens is 4. The maximum absolute atomic E-state index is 13.5. The Morgan fingerprint density at radius 1 is 1.22 bits per heavy atom. The van der Waals surface area contributed by atoms with Gasteiger partial charge >= 0.3 is 13.7 Å². The number of nitrogens with one attached hydrogen (secondary N) is 1. The molecule has 0 spiro atoms. The van der Waals surface area contributed by atoms with E-state index in [0.29, 0.717) is 17.8 Å². The van der Waals surface area contributed by atoms with E-state index >= 15 is 0 Å². The predicted octanol–water partition coefficient (Wildman–Crippen LogP) is 3.94. The molecule has 0 bridgehead atoms. The molecule has 232 valence electrons. The number of carbonyl (C=O) groups is 2. The highest BCUT2D eigenvalue weighted by molar-refractivity contribution is 8.13. The molecular weight excluding hydrogens is 599 g/mol. The number of imidazole rings is 1. The first-order valence-corrected chi connectivity index (χ1v) is 16.1. The fourth-order valence-electron chi connectivity index (χ4n) is 3.16. The van der Waals surface area contributed by atoms with Crippen LogP contribution in [0.4, 0.5) is 5.95 Å². The lowest BCUT2D eigenvalue weighted by molar-refractivity contribution is -0.146. The monoisotopic (exact) mass is 638 g/mol. The number of carbonyl (C=O) groups excluding carboxylic acids is 2. The van der Waals surface area contributed by atoms with E-state index < -0.39 is 38.0 Å². The quantitative estimate of drug-likeness (QED) is 0.110. The third kappa shape index (κ3) is 11.3. The summed E-state index contributed by atoms with van der Waals surface area (Å²) in [4.78, 5) is 36.9. The van der Waals surface area contributed by atoms with E-state index in [4.69, 9.17) is 40.6 Å². The highest BCUT2D eigenvalue weighted by Crippen LogP contribution is 2.44. The van der Waals surface area contributed by atoms with E-state index in [-0.39, 0.29) is 47.9 Å². The number of esters is 1. The molecule has 0 saturated heterocycles. The number of nitrogens with two attached hydrogens (primary N) is 1. The van der Waals surface area contributed by atoms with Gasteiger partial charge in [0.2, 0.25) is 11.8 Å². The van der Waals surface area contributed by atoms with Crippen LogP contribution in [0, 0.1) is 5.41 Å². The molecule has 3 N–H and O–H groups in total. The second-order valence-corrected chi connectivity index (χ2v) is 13.2. The average molecular weight is 639 g/mol. The molecule has 0 radical (unpaired) electrons. The van der Waals surface area contributed by atoms with Gasteiger partial charge in [0, 0.05) is 11.2 Å². The lowest BCUT2D eigenvalue weighted by atomic mass is 10.00. The van der Waals surface area contributed by atoms with Crippen LogP contribution in [0.25, 0.3) is 11.2 Å². The number of hydrogen-bond acceptors (Lipinski definition) is 13. The van der Waals surface area contributed by atoms with Gasteiger partial charge in [0.1, 0.15) is 12.8 Å². The minimum atomic E-state index is -4.03. The van der Waals surface area contributed by atoms with Crippen LogP contribution < -0.4 is 15.6 Å². The van der Waals surface area contributed by atoms with Crippen LogP contribution in [0.5, 0.6) is 5.88 Å². The van der Waals surface area contributed by atoms with Gasteiger partial charge in [-0.2, -0.15) is 9.97 Å². The first-order valence-electron chi connectivity index (χ1n) is 13.0. The summed E-state index contributed by atoms with van der Waals surface area (Å²) in [6, 6.07) is 0. The highest BCUT2D eigenvalue weighted by Gasteiger charge is 2.29. The number of hydrogen-bond donors (Lipinski definition) is 2. The molecule has 0 aliphatic heterocycles. The second-order valence-electron chi connectivity index (χ2n) is 10.0. The summed E-state index contributed by atoms with van der Waals surface area (Å²) >= 11 is 7.20. The van der Waals surface area contributed by atoms with Gasteiger partial charge in [0.25, 0.3) is 0 Å². The average Bonchev–Trinajstić information content (AvgIpc) is 3.31. The molecule has 3 atom stereocenters. The van der Waals surface area contributed by atoms with Crippen molar-refractivity contribution in [2.75, 3.05) is 43.7 Å². The topological polar surface area (TPSA) is 179 Å². The molecule has 0 saturated carbocycles. The molecule has 0 aromatic carbocycles. The van der Waals surface area contributed by atoms with Gasteiger partial charge in [-0.1, -0.05) is 32.5 Å². The fourth-order valence-corrected chi connectivity index (χ4v) is 5.50. The Labute approximate surface area is 249 Å². The molecule has 41 heavy (non-hydrogen) atoms. The van der Waals surface area contributed by atoms with E-state index in [0.717, 1.165) is 11.8 Å². The summed E-state index contributed by atoms with van der Waals surface area (Å²) < 4.78 is 42.8. The van der Waals surface area contributed by atoms with Crippen LogP contribution in [0.2, 0.25) is 0 Å². The Kier molecular flexibility index (Phi) is 13.7. The number of alkyl halides is 1. The van der Waals surface area contributed by atoms with Crippen molar-refractivity contribution in [3.05, 3.63) is 6.33 Å². The van der Waals surface area contributed by atoms with Crippen molar-refractivity contribution in [1.82, 2.24) is 24.6 Å². The lowest BCUT2D eigenvalue weighted by Crippen LogP contribution is -2.30. The summed E-state index contributed by atoms with van der Waals surface area (Å²) in [5.74, 6) is -0.168. The smallest absolute Gasteiger partial charge is 0.406 e. The number of fused-ring (bicyclic) bond motifs is 1. The van der Waals surface area contributed by atoms with Crippen molar-refractivity contribution in [3.8, 4) is 5.88 Å². The van der Waals surface area contributed by atoms with Crippen LogP contribution in [0.1, 0.15) is 54.7 Å². The SMILES string of the molecule is CCOc1nc(N)nc2c1ncn2C(C)OC(CCl)CO[P@@](=O)(NCC(=O)OC(C)C)OCCSC(=O)C(C)(C)C. The van der Waals surface area contributed by atoms with Crippen molar-refractivity contribution in [2.45, 2.75) is 66.9 Å². The molecule has 0 fully saturated rings. The molecule has 0 aliphatic rings. The second kappa shape index (κ2) is 16.0. The van der Waals surface area contributed by atoms with Gasteiger partial charge in [0.15, 0.2) is 16.3 Å². The van der Waals surface area contributed by atoms with Gasteiger partial charge in [-0.05, 0) is 27.7 Å². The van der Waals surface area contributed by atoms with E-state index in [1.54, 1.807) is 46.1 Å². The lowest BCUT2D eigenvalue weighted by Gasteiger charge is -2.25. The molecule has 0 amide bonds. The number of rotatable bonds is 17. The van der Waals surface area contributed by atoms with Crippen molar-refractivity contribution < 1.29 is 37.4 Å². The highest BCUT2D eigenvalue weighted by atomic mass is 35.5. The van der Waals surface area contributed by atoms with Gasteiger partial charge in [0.05, 0.1) is 44.2 Å². The molecule has 17 heteroatoms. The summed E-state index contributed by atoms with van der Waals surface area (Å²) in [5.41, 5.74) is 6.11. The summed E-state index contributed by atoms with van der Waals surface area (Å²) in [5, 5.41) is 2.47. The molecule has 2 rings (SSSR count). The van der Waals surface area contributed by atoms with Crippen LogP contribution in [0.15, 0.2) is 6.33 Å². The Hall–Kier alpha value is -2.00. The molecule has 0 aliphatic carbocycles. The van der Waals surface area contributed by atoms with Crippen molar-refractivity contribution in [3.63, 3.8) is 0 Å². The first-order chi connectivity index (χ1) is 19.2. The van der Waals surface area contributed by atoms with E-state index in [9.17, 15) is 14.2 Å². The molecule has 2 heterocycles. The normalized spacial score (nSPS) is 15.0. The molecular formula is C24H40ClN6O8PS. The largest absolute Gasteiger partial charge is 0.476 e. The van der Waals surface area contributed by atoms with Crippen molar-refractivity contribution >= 4 is 59.3 Å². The van der Waals surface area contributed by atoms with Gasteiger partial charge in [-0.3, -0.25) is 23.2 Å². The maximum atomic E-state index is 13.5. The summed E-state index contributed by atoms with van der Waals surface area (Å²) in [6.45, 7) is 12.0. The third-order valence-electron chi connectivity index (χ3n) is 5.05. The van der Waals surface area contributed by atoms with E-state index in [2.05, 4.69) is 20.0 Å². The zero-order valence-corrected chi connectivity index (χ0v) is 26.9. The Balaban J connectivity index is 2.09. The van der Waals surface area contributed by atoms with Crippen LogP contribution in [-0.2, 0) is 32.7 Å². The molecule has 2 aromatic heterocycles. The van der Waals surface area contributed by atoms with Crippen LogP contribution >= 0.6 is 31.1 Å². The van der Waals surface area contributed by atoms with Crippen LogP contribution in [-0.4, -0.2) is 80.8 Å². The first kappa shape index (κ1) is 35.2. The standard InChI is InChI=1S/C24H40ClN6O8PS/c1-8-35-21-19-20(29-23(26)30-21)31(14-27-19)16(4)39-17(11-25)13-37-40(34,28-12-18(32)38-15(2)3)36-9-10-41-22(33)24(5,6)7/h14-17H,8-13H2,1-7H3,(H,28,34)(H2,26,29,30)/t16?,17?,40-/m1/s1. The molecule has 2 aromatic rings.